The molecule has 1 fully saturated rings. The van der Waals surface area contributed by atoms with Crippen molar-refractivity contribution in [2.75, 3.05) is 38.1 Å². The number of carbonyl (C=O) groups excluding carboxylic acids is 1. The molecule has 2 aromatic heterocycles. The summed E-state index contributed by atoms with van der Waals surface area (Å²) in [7, 11) is 2.11. The van der Waals surface area contributed by atoms with Crippen molar-refractivity contribution in [2.24, 2.45) is 0 Å². The van der Waals surface area contributed by atoms with Crippen LogP contribution in [-0.4, -0.2) is 53.6 Å². The predicted octanol–water partition coefficient (Wildman–Crippen LogP) is 1.56. The van der Waals surface area contributed by atoms with E-state index in [1.165, 1.54) is 0 Å². The summed E-state index contributed by atoms with van der Waals surface area (Å²) in [6.07, 6.45) is 1.78. The summed E-state index contributed by atoms with van der Waals surface area (Å²) < 4.78 is 1.63. The fraction of sp³-hybridized carbons (Fsp3) is 0.476. The zero-order valence-electron chi connectivity index (χ0n) is 17.2. The number of anilines is 1. The summed E-state index contributed by atoms with van der Waals surface area (Å²) in [6, 6.07) is 5.75. The van der Waals surface area contributed by atoms with Crippen LogP contribution in [0.2, 0.25) is 0 Å². The Morgan fingerprint density at radius 1 is 1.21 bits per heavy atom. The third-order valence-corrected chi connectivity index (χ3v) is 5.36. The highest BCUT2D eigenvalue weighted by atomic mass is 16.2. The van der Waals surface area contributed by atoms with Crippen LogP contribution in [0.3, 0.4) is 0 Å². The molecule has 1 saturated heterocycles. The second-order valence-electron chi connectivity index (χ2n) is 7.35. The third-order valence-electron chi connectivity index (χ3n) is 5.36. The van der Waals surface area contributed by atoms with Crippen LogP contribution in [0.1, 0.15) is 34.1 Å². The van der Waals surface area contributed by atoms with E-state index in [4.69, 9.17) is 0 Å². The van der Waals surface area contributed by atoms with Crippen LogP contribution in [0, 0.1) is 13.8 Å². The molecule has 1 N–H and O–H groups in total. The minimum Gasteiger partial charge on any atom is -0.354 e. The summed E-state index contributed by atoms with van der Waals surface area (Å²) >= 11 is 0. The number of aryl methyl sites for hydroxylation is 2. The molecular weight excluding hydrogens is 354 g/mol. The predicted molar refractivity (Wildman–Crippen MR) is 111 cm³/mol. The first-order valence-electron chi connectivity index (χ1n) is 9.79. The zero-order valence-corrected chi connectivity index (χ0v) is 17.2. The molecule has 0 saturated carbocycles. The highest BCUT2D eigenvalue weighted by Crippen LogP contribution is 2.19. The Hall–Kier alpha value is -2.67. The molecule has 7 heteroatoms. The second-order valence-corrected chi connectivity index (χ2v) is 7.35. The molecule has 3 rings (SSSR count). The Labute approximate surface area is 166 Å². The molecule has 0 radical (unpaired) electrons. The summed E-state index contributed by atoms with van der Waals surface area (Å²) in [5.74, 6) is 0.570. The van der Waals surface area contributed by atoms with Gasteiger partial charge in [0.1, 0.15) is 11.4 Å². The first kappa shape index (κ1) is 20.1. The number of aromatic nitrogens is 2. The lowest BCUT2D eigenvalue weighted by Crippen LogP contribution is -2.45. The minimum absolute atomic E-state index is 0.220. The monoisotopic (exact) mass is 383 g/mol. The Morgan fingerprint density at radius 2 is 1.93 bits per heavy atom. The van der Waals surface area contributed by atoms with E-state index in [1.807, 2.05) is 39.0 Å². The van der Waals surface area contributed by atoms with Crippen molar-refractivity contribution in [3.8, 4) is 0 Å². The molecular formula is C21H29N5O2. The van der Waals surface area contributed by atoms with Crippen LogP contribution < -0.4 is 15.8 Å². The van der Waals surface area contributed by atoms with Crippen LogP contribution >= 0.6 is 0 Å². The average molecular weight is 383 g/mol. The number of hydrogen-bond acceptors (Lipinski definition) is 5. The number of nitrogens with one attached hydrogen (secondary N) is 1. The smallest absolute Gasteiger partial charge is 0.263 e. The summed E-state index contributed by atoms with van der Waals surface area (Å²) in [4.78, 5) is 34.6. The van der Waals surface area contributed by atoms with E-state index in [2.05, 4.69) is 27.1 Å². The highest BCUT2D eigenvalue weighted by molar-refractivity contribution is 5.95. The van der Waals surface area contributed by atoms with Crippen molar-refractivity contribution in [3.05, 3.63) is 57.1 Å². The Bertz CT molecular complexity index is 913. The molecule has 0 spiro atoms. The topological polar surface area (TPSA) is 70.5 Å². The van der Waals surface area contributed by atoms with Gasteiger partial charge in [-0.25, -0.2) is 4.98 Å². The average Bonchev–Trinajstić information content (AvgIpc) is 2.67. The lowest BCUT2D eigenvalue weighted by molar-refractivity contribution is 0.0948. The summed E-state index contributed by atoms with van der Waals surface area (Å²) in [5, 5.41) is 2.93. The molecule has 1 aliphatic heterocycles. The molecule has 0 atom stereocenters. The molecule has 0 aromatic carbocycles. The fourth-order valence-corrected chi connectivity index (χ4v) is 3.73. The normalized spacial score (nSPS) is 14.9. The Balaban J connectivity index is 1.79. The van der Waals surface area contributed by atoms with Gasteiger partial charge in [-0.15, -0.1) is 0 Å². The van der Waals surface area contributed by atoms with Gasteiger partial charge in [0.25, 0.3) is 11.5 Å². The van der Waals surface area contributed by atoms with Crippen LogP contribution in [0.25, 0.3) is 0 Å². The maximum atomic E-state index is 12.8. The molecule has 150 valence electrons. The van der Waals surface area contributed by atoms with E-state index in [-0.39, 0.29) is 17.0 Å². The number of pyridine rings is 2. The minimum atomic E-state index is -0.335. The van der Waals surface area contributed by atoms with E-state index in [0.717, 1.165) is 43.3 Å². The maximum Gasteiger partial charge on any atom is 0.263 e. The lowest BCUT2D eigenvalue weighted by Gasteiger charge is -2.34. The van der Waals surface area contributed by atoms with Gasteiger partial charge >= 0.3 is 0 Å². The molecule has 2 aromatic rings. The first-order valence-corrected chi connectivity index (χ1v) is 9.79. The van der Waals surface area contributed by atoms with Gasteiger partial charge in [-0.05, 0) is 45.5 Å². The van der Waals surface area contributed by atoms with Crippen molar-refractivity contribution in [3.63, 3.8) is 0 Å². The van der Waals surface area contributed by atoms with E-state index in [9.17, 15) is 9.59 Å². The fourth-order valence-electron chi connectivity index (χ4n) is 3.73. The number of nitrogens with zero attached hydrogens (tertiary/aromatic N) is 4. The van der Waals surface area contributed by atoms with Crippen LogP contribution in [0.4, 0.5) is 5.82 Å². The molecule has 0 bridgehead atoms. The molecule has 1 amide bonds. The number of likely N-dealkylation sites (N-methyl/N-ethyl adjacent to an activating group) is 1. The van der Waals surface area contributed by atoms with Gasteiger partial charge in [-0.3, -0.25) is 9.59 Å². The van der Waals surface area contributed by atoms with Crippen molar-refractivity contribution in [2.45, 2.75) is 33.9 Å². The SMILES string of the molecule is CCn1c(C)cc(C)c(C(=O)NCc2cccnc2N2CCN(C)CC2)c1=O. The van der Waals surface area contributed by atoms with Crippen molar-refractivity contribution >= 4 is 11.7 Å². The lowest BCUT2D eigenvalue weighted by atomic mass is 10.1. The second kappa shape index (κ2) is 8.56. The van der Waals surface area contributed by atoms with E-state index in [1.54, 1.807) is 10.8 Å². The molecule has 28 heavy (non-hydrogen) atoms. The van der Waals surface area contributed by atoms with Crippen molar-refractivity contribution < 1.29 is 4.79 Å². The van der Waals surface area contributed by atoms with Crippen molar-refractivity contribution in [1.82, 2.24) is 19.8 Å². The number of hydrogen-bond donors (Lipinski definition) is 1. The largest absolute Gasteiger partial charge is 0.354 e. The molecule has 1 aliphatic rings. The molecule has 3 heterocycles. The van der Waals surface area contributed by atoms with Gasteiger partial charge in [0, 0.05) is 56.7 Å². The molecule has 0 unspecified atom stereocenters. The number of carbonyl (C=O) groups is 1. The van der Waals surface area contributed by atoms with Crippen molar-refractivity contribution in [1.29, 1.82) is 0 Å². The van der Waals surface area contributed by atoms with E-state index < -0.39 is 0 Å². The maximum absolute atomic E-state index is 12.8. The first-order chi connectivity index (χ1) is 13.4. The van der Waals surface area contributed by atoms with Crippen LogP contribution in [0.5, 0.6) is 0 Å². The molecule has 0 aliphatic carbocycles. The van der Waals surface area contributed by atoms with Crippen LogP contribution in [-0.2, 0) is 13.1 Å². The Kier molecular flexibility index (Phi) is 6.14. The highest BCUT2D eigenvalue weighted by Gasteiger charge is 2.20. The van der Waals surface area contributed by atoms with Crippen LogP contribution in [0.15, 0.2) is 29.2 Å². The van der Waals surface area contributed by atoms with Gasteiger partial charge in [0.15, 0.2) is 0 Å². The third kappa shape index (κ3) is 4.09. The summed E-state index contributed by atoms with van der Waals surface area (Å²) in [5.41, 5.74) is 2.52. The van der Waals surface area contributed by atoms with E-state index in [0.29, 0.717) is 18.7 Å². The van der Waals surface area contributed by atoms with Gasteiger partial charge in [0.2, 0.25) is 0 Å². The number of piperazine rings is 1. The zero-order chi connectivity index (χ0) is 20.3. The summed E-state index contributed by atoms with van der Waals surface area (Å²) in [6.45, 7) is 10.3. The standard InChI is InChI=1S/C21H29N5O2/c1-5-26-16(3)13-15(2)18(21(26)28)20(27)23-14-17-7-6-8-22-19(17)25-11-9-24(4)10-12-25/h6-8,13H,5,9-12,14H2,1-4H3,(H,23,27). The Morgan fingerprint density at radius 3 is 2.61 bits per heavy atom. The molecule has 7 nitrogen and oxygen atoms in total. The number of amides is 1. The van der Waals surface area contributed by atoms with Gasteiger partial charge in [0.05, 0.1) is 0 Å². The van der Waals surface area contributed by atoms with Gasteiger partial charge in [-0.1, -0.05) is 6.07 Å². The van der Waals surface area contributed by atoms with Gasteiger partial charge in [-0.2, -0.15) is 0 Å². The quantitative estimate of drug-likeness (QED) is 0.849. The number of rotatable bonds is 5. The van der Waals surface area contributed by atoms with Gasteiger partial charge < -0.3 is 19.7 Å². The van der Waals surface area contributed by atoms with E-state index >= 15 is 0 Å².